The van der Waals surface area contributed by atoms with E-state index in [1.54, 1.807) is 12.1 Å². The van der Waals surface area contributed by atoms with Gasteiger partial charge in [0.15, 0.2) is 0 Å². The minimum Gasteiger partial charge on any atom is -0.507 e. The molecule has 3 rings (SSSR count). The van der Waals surface area contributed by atoms with E-state index in [-0.39, 0.29) is 12.4 Å². The number of phenols is 1. The molecule has 1 aliphatic heterocycles. The van der Waals surface area contributed by atoms with Gasteiger partial charge in [0.05, 0.1) is 6.61 Å². The first-order valence-corrected chi connectivity index (χ1v) is 6.46. The molecule has 1 unspecified atom stereocenters. The lowest BCUT2D eigenvalue weighted by Crippen LogP contribution is -2.32. The Kier molecular flexibility index (Phi) is 3.35. The second kappa shape index (κ2) is 5.03. The van der Waals surface area contributed by atoms with Gasteiger partial charge in [0.25, 0.3) is 0 Å². The topological polar surface area (TPSA) is 90.2 Å². The molecule has 0 bridgehead atoms. The van der Waals surface area contributed by atoms with Gasteiger partial charge in [0.2, 0.25) is 0 Å². The van der Waals surface area contributed by atoms with Gasteiger partial charge in [-0.25, -0.2) is 0 Å². The molecule has 5 heteroatoms. The van der Waals surface area contributed by atoms with E-state index in [0.717, 1.165) is 5.39 Å². The van der Waals surface area contributed by atoms with Crippen molar-refractivity contribution in [3.63, 3.8) is 0 Å². The van der Waals surface area contributed by atoms with Crippen molar-refractivity contribution in [3.8, 4) is 5.75 Å². The third-order valence-electron chi connectivity index (χ3n) is 3.78. The summed E-state index contributed by atoms with van der Waals surface area (Å²) in [5.41, 5.74) is 0.409. The molecule has 1 saturated heterocycles. The molecule has 106 valence electrons. The molecule has 0 amide bonds. The molecule has 2 aromatic carbocycles. The van der Waals surface area contributed by atoms with Crippen LogP contribution in [0.25, 0.3) is 10.8 Å². The van der Waals surface area contributed by atoms with Crippen LogP contribution in [0.4, 0.5) is 0 Å². The molecule has 2 aromatic rings. The van der Waals surface area contributed by atoms with Crippen LogP contribution in [0.5, 0.6) is 5.75 Å². The van der Waals surface area contributed by atoms with Crippen LogP contribution in [-0.2, 0) is 4.74 Å². The number of aromatic hydroxyl groups is 1. The molecule has 1 aliphatic rings. The largest absolute Gasteiger partial charge is 0.507 e. The third kappa shape index (κ3) is 1.96. The summed E-state index contributed by atoms with van der Waals surface area (Å²) in [7, 11) is 0. The average Bonchev–Trinajstić information content (AvgIpc) is 2.76. The van der Waals surface area contributed by atoms with Crippen molar-refractivity contribution in [3.05, 3.63) is 42.0 Å². The van der Waals surface area contributed by atoms with Crippen molar-refractivity contribution in [1.82, 2.24) is 0 Å². The van der Waals surface area contributed by atoms with Crippen LogP contribution in [0.3, 0.4) is 0 Å². The smallest absolute Gasteiger partial charge is 0.129 e. The molecule has 4 atom stereocenters. The van der Waals surface area contributed by atoms with E-state index in [1.807, 2.05) is 24.3 Å². The summed E-state index contributed by atoms with van der Waals surface area (Å²) in [5.74, 6) is 0.0259. The lowest BCUT2D eigenvalue weighted by molar-refractivity contribution is -0.0232. The summed E-state index contributed by atoms with van der Waals surface area (Å²) in [6.45, 7) is -0.386. The summed E-state index contributed by atoms with van der Waals surface area (Å²) in [5, 5.41) is 40.8. The first-order chi connectivity index (χ1) is 9.63. The highest BCUT2D eigenvalue weighted by Gasteiger charge is 2.44. The minimum absolute atomic E-state index is 0.0259. The molecule has 0 spiro atoms. The van der Waals surface area contributed by atoms with Gasteiger partial charge in [0, 0.05) is 10.9 Å². The van der Waals surface area contributed by atoms with Crippen LogP contribution in [0, 0.1) is 0 Å². The monoisotopic (exact) mass is 276 g/mol. The van der Waals surface area contributed by atoms with Crippen molar-refractivity contribution < 1.29 is 25.2 Å². The van der Waals surface area contributed by atoms with Crippen molar-refractivity contribution in [2.24, 2.45) is 0 Å². The molecule has 0 aromatic heterocycles. The summed E-state index contributed by atoms with van der Waals surface area (Å²) in [4.78, 5) is 0. The van der Waals surface area contributed by atoms with Crippen LogP contribution in [0.15, 0.2) is 36.4 Å². The Labute approximate surface area is 115 Å². The van der Waals surface area contributed by atoms with Crippen molar-refractivity contribution in [2.45, 2.75) is 24.4 Å². The van der Waals surface area contributed by atoms with E-state index in [9.17, 15) is 15.3 Å². The van der Waals surface area contributed by atoms with Crippen LogP contribution in [0.1, 0.15) is 11.7 Å². The van der Waals surface area contributed by atoms with Gasteiger partial charge < -0.3 is 25.2 Å². The van der Waals surface area contributed by atoms with E-state index in [0.29, 0.717) is 10.9 Å². The highest BCUT2D eigenvalue weighted by molar-refractivity contribution is 5.89. The minimum atomic E-state index is -1.18. The van der Waals surface area contributed by atoms with E-state index in [2.05, 4.69) is 0 Å². The summed E-state index contributed by atoms with van der Waals surface area (Å²) >= 11 is 0. The lowest BCUT2D eigenvalue weighted by atomic mass is 9.97. The van der Waals surface area contributed by atoms with Gasteiger partial charge in [-0.05, 0) is 5.39 Å². The number of hydrogen-bond donors (Lipinski definition) is 4. The Bertz CT molecular complexity index is 627. The molecular weight excluding hydrogens is 260 g/mol. The molecule has 0 radical (unpaired) electrons. The second-order valence-electron chi connectivity index (χ2n) is 4.98. The predicted molar refractivity (Wildman–Crippen MR) is 72.3 cm³/mol. The van der Waals surface area contributed by atoms with Crippen molar-refractivity contribution in [1.29, 1.82) is 0 Å². The standard InChI is InChI=1S/C15H16O5/c16-7-11-13(18)14(19)15(20-11)10-6-5-8-3-1-2-4-9(8)12(10)17/h1-6,11,13-19H,7H2/t11-,13-,14-,15?/m1/s1. The molecule has 1 heterocycles. The van der Waals surface area contributed by atoms with Gasteiger partial charge in [-0.3, -0.25) is 0 Å². The number of benzene rings is 2. The normalized spacial score (nSPS) is 29.9. The van der Waals surface area contributed by atoms with Gasteiger partial charge >= 0.3 is 0 Å². The maximum atomic E-state index is 10.3. The maximum Gasteiger partial charge on any atom is 0.129 e. The highest BCUT2D eigenvalue weighted by Crippen LogP contribution is 2.40. The van der Waals surface area contributed by atoms with Crippen LogP contribution >= 0.6 is 0 Å². The fourth-order valence-electron chi connectivity index (χ4n) is 2.66. The lowest BCUT2D eigenvalue weighted by Gasteiger charge is -2.17. The number of aliphatic hydroxyl groups excluding tert-OH is 3. The van der Waals surface area contributed by atoms with E-state index in [4.69, 9.17) is 9.84 Å². The Morgan fingerprint density at radius 1 is 1.00 bits per heavy atom. The zero-order valence-electron chi connectivity index (χ0n) is 10.7. The van der Waals surface area contributed by atoms with Crippen molar-refractivity contribution in [2.75, 3.05) is 6.61 Å². The Hall–Kier alpha value is -1.66. The fourth-order valence-corrected chi connectivity index (χ4v) is 2.66. The average molecular weight is 276 g/mol. The molecule has 1 fully saturated rings. The highest BCUT2D eigenvalue weighted by atomic mass is 16.6. The Morgan fingerprint density at radius 3 is 2.45 bits per heavy atom. The summed E-state index contributed by atoms with van der Waals surface area (Å²) in [6.07, 6.45) is -4.05. The van der Waals surface area contributed by atoms with Crippen molar-refractivity contribution >= 4 is 10.8 Å². The van der Waals surface area contributed by atoms with Crippen LogP contribution in [0.2, 0.25) is 0 Å². The first kappa shape index (κ1) is 13.3. The van der Waals surface area contributed by atoms with E-state index in [1.165, 1.54) is 0 Å². The Balaban J connectivity index is 2.05. The second-order valence-corrected chi connectivity index (χ2v) is 4.98. The number of hydrogen-bond acceptors (Lipinski definition) is 5. The van der Waals surface area contributed by atoms with Gasteiger partial charge in [-0.2, -0.15) is 0 Å². The molecular formula is C15H16O5. The number of phenolic OH excluding ortho intramolecular Hbond substituents is 1. The number of ether oxygens (including phenoxy) is 1. The molecule has 20 heavy (non-hydrogen) atoms. The SMILES string of the molecule is OC[C@H]1OC(c2ccc3ccccc3c2O)[C@H](O)[C@@H]1O. The maximum absolute atomic E-state index is 10.3. The quantitative estimate of drug-likeness (QED) is 0.648. The third-order valence-corrected chi connectivity index (χ3v) is 3.78. The zero-order chi connectivity index (χ0) is 14.3. The van der Waals surface area contributed by atoms with Gasteiger partial charge in [-0.15, -0.1) is 0 Å². The number of fused-ring (bicyclic) bond motifs is 1. The van der Waals surface area contributed by atoms with Gasteiger partial charge in [-0.1, -0.05) is 36.4 Å². The Morgan fingerprint density at radius 2 is 1.75 bits per heavy atom. The molecule has 4 N–H and O–H groups in total. The molecule has 5 nitrogen and oxygen atoms in total. The number of rotatable bonds is 2. The molecule has 0 saturated carbocycles. The van der Waals surface area contributed by atoms with E-state index >= 15 is 0 Å². The number of aliphatic hydroxyl groups is 3. The van der Waals surface area contributed by atoms with Gasteiger partial charge in [0.1, 0.15) is 30.2 Å². The first-order valence-electron chi connectivity index (χ1n) is 6.46. The van der Waals surface area contributed by atoms with Crippen LogP contribution in [-0.4, -0.2) is 45.3 Å². The molecule has 0 aliphatic carbocycles. The zero-order valence-corrected chi connectivity index (χ0v) is 10.7. The van der Waals surface area contributed by atoms with E-state index < -0.39 is 24.4 Å². The fraction of sp³-hybridized carbons (Fsp3) is 0.333. The van der Waals surface area contributed by atoms with Crippen LogP contribution < -0.4 is 0 Å². The summed E-state index contributed by atoms with van der Waals surface area (Å²) in [6, 6.07) is 10.8. The summed E-state index contributed by atoms with van der Waals surface area (Å²) < 4.78 is 5.44. The predicted octanol–water partition coefficient (Wildman–Crippen LogP) is 0.699.